The minimum Gasteiger partial charge on any atom is -0.339 e. The number of hydrogen-bond donors (Lipinski definition) is 2. The zero-order valence-corrected chi connectivity index (χ0v) is 11.8. The molecule has 5 nitrogen and oxygen atoms in total. The zero-order chi connectivity index (χ0) is 14.5. The lowest BCUT2D eigenvalue weighted by Crippen LogP contribution is -2.28. The summed E-state index contributed by atoms with van der Waals surface area (Å²) in [7, 11) is 0. The Kier molecular flexibility index (Phi) is 4.74. The van der Waals surface area contributed by atoms with Gasteiger partial charge in [0.25, 0.3) is 5.91 Å². The van der Waals surface area contributed by atoms with Crippen LogP contribution < -0.4 is 11.1 Å². The van der Waals surface area contributed by atoms with Crippen LogP contribution in [0.15, 0.2) is 18.2 Å². The highest BCUT2D eigenvalue weighted by molar-refractivity contribution is 5.99. The molecule has 0 saturated carbocycles. The second-order valence-electron chi connectivity index (χ2n) is 5.06. The molecular weight excluding hydrogens is 254 g/mol. The van der Waals surface area contributed by atoms with Crippen LogP contribution in [-0.2, 0) is 4.79 Å². The number of carbonyl (C=O) groups is 2. The predicted octanol–water partition coefficient (Wildman–Crippen LogP) is 1.52. The largest absolute Gasteiger partial charge is 0.339 e. The zero-order valence-electron chi connectivity index (χ0n) is 11.8. The summed E-state index contributed by atoms with van der Waals surface area (Å²) in [4.78, 5) is 25.9. The van der Waals surface area contributed by atoms with Gasteiger partial charge in [-0.15, -0.1) is 0 Å². The Morgan fingerprint density at radius 1 is 1.30 bits per heavy atom. The lowest BCUT2D eigenvalue weighted by Gasteiger charge is -2.18. The van der Waals surface area contributed by atoms with Gasteiger partial charge in [-0.3, -0.25) is 9.59 Å². The van der Waals surface area contributed by atoms with Crippen molar-refractivity contribution in [3.63, 3.8) is 0 Å². The summed E-state index contributed by atoms with van der Waals surface area (Å²) in [5.74, 6) is -0.0729. The van der Waals surface area contributed by atoms with E-state index in [1.807, 2.05) is 24.0 Å². The van der Waals surface area contributed by atoms with Crippen molar-refractivity contribution in [1.29, 1.82) is 0 Å². The van der Waals surface area contributed by atoms with Crippen LogP contribution in [0.4, 0.5) is 5.69 Å². The first kappa shape index (κ1) is 14.5. The van der Waals surface area contributed by atoms with E-state index in [4.69, 9.17) is 5.73 Å². The Morgan fingerprint density at radius 3 is 2.65 bits per heavy atom. The molecule has 1 aliphatic rings. The predicted molar refractivity (Wildman–Crippen MR) is 78.6 cm³/mol. The molecule has 1 aromatic carbocycles. The molecule has 0 radical (unpaired) electrons. The molecule has 1 saturated heterocycles. The number of nitrogens with zero attached hydrogens (tertiary/aromatic N) is 1. The molecule has 1 heterocycles. The van der Waals surface area contributed by atoms with Crippen molar-refractivity contribution in [2.75, 3.05) is 25.0 Å². The lowest BCUT2D eigenvalue weighted by molar-refractivity contribution is -0.116. The van der Waals surface area contributed by atoms with Gasteiger partial charge in [0, 0.05) is 37.3 Å². The van der Waals surface area contributed by atoms with Crippen LogP contribution in [0.1, 0.15) is 35.2 Å². The number of likely N-dealkylation sites (tertiary alicyclic amines) is 1. The minimum absolute atomic E-state index is 0.0509. The van der Waals surface area contributed by atoms with E-state index in [2.05, 4.69) is 5.32 Å². The molecule has 2 amide bonds. The second kappa shape index (κ2) is 6.52. The number of rotatable bonds is 4. The molecular formula is C15H21N3O2. The van der Waals surface area contributed by atoms with Crippen LogP contribution in [0.2, 0.25) is 0 Å². The number of hydrogen-bond acceptors (Lipinski definition) is 3. The SMILES string of the molecule is Cc1c(NC(=O)CCN)cccc1C(=O)N1CCCC1. The fourth-order valence-electron chi connectivity index (χ4n) is 2.44. The van der Waals surface area contributed by atoms with Gasteiger partial charge in [-0.05, 0) is 37.5 Å². The van der Waals surface area contributed by atoms with Gasteiger partial charge < -0.3 is 16.0 Å². The molecule has 0 bridgehead atoms. The van der Waals surface area contributed by atoms with Gasteiger partial charge in [-0.25, -0.2) is 0 Å². The van der Waals surface area contributed by atoms with Gasteiger partial charge in [0.15, 0.2) is 0 Å². The fourth-order valence-corrected chi connectivity index (χ4v) is 2.44. The van der Waals surface area contributed by atoms with Gasteiger partial charge in [0.1, 0.15) is 0 Å². The van der Waals surface area contributed by atoms with Crippen LogP contribution in [0.25, 0.3) is 0 Å². The first-order valence-electron chi connectivity index (χ1n) is 7.02. The first-order chi connectivity index (χ1) is 9.63. The molecule has 0 aromatic heterocycles. The average molecular weight is 275 g/mol. The molecule has 1 fully saturated rings. The Balaban J connectivity index is 2.18. The van der Waals surface area contributed by atoms with E-state index in [1.54, 1.807) is 6.07 Å². The van der Waals surface area contributed by atoms with Gasteiger partial charge in [-0.2, -0.15) is 0 Å². The summed E-state index contributed by atoms with van der Waals surface area (Å²) in [6, 6.07) is 5.42. The number of benzene rings is 1. The normalized spacial score (nSPS) is 14.4. The van der Waals surface area contributed by atoms with Crippen LogP contribution in [0, 0.1) is 6.92 Å². The highest BCUT2D eigenvalue weighted by atomic mass is 16.2. The summed E-state index contributed by atoms with van der Waals surface area (Å²) in [6.45, 7) is 3.82. The molecule has 0 unspecified atom stereocenters. The third-order valence-corrected chi connectivity index (χ3v) is 3.60. The van der Waals surface area contributed by atoms with Crippen LogP contribution in [0.5, 0.6) is 0 Å². The maximum atomic E-state index is 12.4. The number of nitrogens with two attached hydrogens (primary N) is 1. The topological polar surface area (TPSA) is 75.4 Å². The third-order valence-electron chi connectivity index (χ3n) is 3.60. The van der Waals surface area contributed by atoms with E-state index < -0.39 is 0 Å². The van der Waals surface area contributed by atoms with Gasteiger partial charge >= 0.3 is 0 Å². The van der Waals surface area contributed by atoms with Crippen molar-refractivity contribution in [3.05, 3.63) is 29.3 Å². The summed E-state index contributed by atoms with van der Waals surface area (Å²) in [5.41, 5.74) is 7.53. The van der Waals surface area contributed by atoms with E-state index in [0.29, 0.717) is 17.8 Å². The molecule has 1 aliphatic heterocycles. The maximum absolute atomic E-state index is 12.4. The molecule has 0 spiro atoms. The van der Waals surface area contributed by atoms with Crippen molar-refractivity contribution in [2.24, 2.45) is 5.73 Å². The van der Waals surface area contributed by atoms with Gasteiger partial charge in [-0.1, -0.05) is 6.07 Å². The van der Waals surface area contributed by atoms with E-state index >= 15 is 0 Å². The highest BCUT2D eigenvalue weighted by Crippen LogP contribution is 2.22. The van der Waals surface area contributed by atoms with Gasteiger partial charge in [0.05, 0.1) is 0 Å². The number of anilines is 1. The summed E-state index contributed by atoms with van der Waals surface area (Å²) < 4.78 is 0. The molecule has 20 heavy (non-hydrogen) atoms. The van der Waals surface area contributed by atoms with Crippen molar-refractivity contribution in [3.8, 4) is 0 Å². The molecule has 3 N–H and O–H groups in total. The monoisotopic (exact) mass is 275 g/mol. The average Bonchev–Trinajstić information content (AvgIpc) is 2.95. The van der Waals surface area contributed by atoms with E-state index in [0.717, 1.165) is 31.5 Å². The summed E-state index contributed by atoms with van der Waals surface area (Å²) >= 11 is 0. The number of amides is 2. The van der Waals surface area contributed by atoms with Crippen LogP contribution in [-0.4, -0.2) is 36.3 Å². The fraction of sp³-hybridized carbons (Fsp3) is 0.467. The molecule has 2 rings (SSSR count). The Hall–Kier alpha value is -1.88. The Morgan fingerprint density at radius 2 is 2.00 bits per heavy atom. The molecule has 1 aromatic rings. The highest BCUT2D eigenvalue weighted by Gasteiger charge is 2.21. The summed E-state index contributed by atoms with van der Waals surface area (Å²) in [6.07, 6.45) is 2.42. The summed E-state index contributed by atoms with van der Waals surface area (Å²) in [5, 5.41) is 2.81. The first-order valence-corrected chi connectivity index (χ1v) is 7.02. The third kappa shape index (κ3) is 3.17. The van der Waals surface area contributed by atoms with Crippen molar-refractivity contribution in [2.45, 2.75) is 26.2 Å². The smallest absolute Gasteiger partial charge is 0.254 e. The lowest BCUT2D eigenvalue weighted by atomic mass is 10.1. The van der Waals surface area contributed by atoms with E-state index in [1.165, 1.54) is 0 Å². The Bertz CT molecular complexity index is 508. The van der Waals surface area contributed by atoms with Crippen LogP contribution in [0.3, 0.4) is 0 Å². The van der Waals surface area contributed by atoms with Gasteiger partial charge in [0.2, 0.25) is 5.91 Å². The Labute approximate surface area is 119 Å². The van der Waals surface area contributed by atoms with Crippen molar-refractivity contribution >= 4 is 17.5 Å². The van der Waals surface area contributed by atoms with Crippen molar-refractivity contribution in [1.82, 2.24) is 4.90 Å². The maximum Gasteiger partial charge on any atom is 0.254 e. The molecule has 0 atom stereocenters. The molecule has 5 heteroatoms. The minimum atomic E-state index is -0.124. The number of nitrogens with one attached hydrogen (secondary N) is 1. The standard InChI is InChI=1S/C15H21N3O2/c1-11-12(15(20)18-9-2-3-10-18)5-4-6-13(11)17-14(19)7-8-16/h4-6H,2-3,7-10,16H2,1H3,(H,17,19). The van der Waals surface area contributed by atoms with E-state index in [-0.39, 0.29) is 18.2 Å². The molecule has 0 aliphatic carbocycles. The van der Waals surface area contributed by atoms with Crippen LogP contribution >= 0.6 is 0 Å². The quantitative estimate of drug-likeness (QED) is 0.874. The number of carbonyl (C=O) groups excluding carboxylic acids is 2. The molecule has 108 valence electrons. The van der Waals surface area contributed by atoms with Crippen molar-refractivity contribution < 1.29 is 9.59 Å². The van der Waals surface area contributed by atoms with E-state index in [9.17, 15) is 9.59 Å². The second-order valence-corrected chi connectivity index (χ2v) is 5.06.